The number of hydrogen-bond donors (Lipinski definition) is 1. The number of aliphatic imine (C=N–C) groups is 1. The van der Waals surface area contributed by atoms with E-state index >= 15 is 0 Å². The zero-order valence-electron chi connectivity index (χ0n) is 19.1. The predicted molar refractivity (Wildman–Crippen MR) is 133 cm³/mol. The average Bonchev–Trinajstić information content (AvgIpc) is 2.71. The third-order valence-corrected chi connectivity index (χ3v) is 4.52. The molecule has 1 aliphatic heterocycles. The van der Waals surface area contributed by atoms with E-state index in [-0.39, 0.29) is 30.1 Å². The topological polar surface area (TPSA) is 89.6 Å². The maximum atomic E-state index is 12.2. The molecule has 2 N–H and O–H groups in total. The molecule has 2 rings (SSSR count). The third kappa shape index (κ3) is 10.5. The van der Waals surface area contributed by atoms with Gasteiger partial charge in [0.1, 0.15) is 5.60 Å². The molecule has 0 saturated carbocycles. The number of carbonyl (C=O) groups is 1. The number of carbonyl (C=O) groups excluding carboxylic acids is 1. The number of amides is 1. The molecular formula is C22H37IN4O4. The lowest BCUT2D eigenvalue weighted by Crippen LogP contribution is -2.53. The minimum Gasteiger partial charge on any atom is -0.444 e. The highest BCUT2D eigenvalue weighted by Gasteiger charge is 2.26. The summed E-state index contributed by atoms with van der Waals surface area (Å²) in [6.07, 6.45) is -0.280. The summed E-state index contributed by atoms with van der Waals surface area (Å²) in [7, 11) is 0. The number of hydrogen-bond acceptors (Lipinski definition) is 5. The first-order valence-corrected chi connectivity index (χ1v) is 10.5. The molecule has 0 aliphatic carbocycles. The van der Waals surface area contributed by atoms with E-state index < -0.39 is 5.60 Å². The number of halogens is 1. The van der Waals surface area contributed by atoms with Crippen LogP contribution in [0.5, 0.6) is 0 Å². The van der Waals surface area contributed by atoms with Crippen LogP contribution in [0.3, 0.4) is 0 Å². The van der Waals surface area contributed by atoms with Crippen molar-refractivity contribution in [2.75, 3.05) is 46.0 Å². The van der Waals surface area contributed by atoms with Crippen LogP contribution in [0.4, 0.5) is 4.79 Å². The molecule has 176 valence electrons. The van der Waals surface area contributed by atoms with Crippen molar-refractivity contribution >= 4 is 36.0 Å². The van der Waals surface area contributed by atoms with Gasteiger partial charge in [-0.05, 0) is 38.8 Å². The normalized spacial score (nSPS) is 14.9. The molecule has 1 aromatic rings. The van der Waals surface area contributed by atoms with Crippen molar-refractivity contribution in [2.45, 2.75) is 46.4 Å². The molecule has 1 amide bonds. The van der Waals surface area contributed by atoms with E-state index in [9.17, 15) is 4.79 Å². The summed E-state index contributed by atoms with van der Waals surface area (Å²) in [5.41, 5.74) is 7.88. The maximum absolute atomic E-state index is 12.2. The van der Waals surface area contributed by atoms with Gasteiger partial charge in [-0.15, -0.1) is 24.0 Å². The van der Waals surface area contributed by atoms with E-state index in [0.29, 0.717) is 65.1 Å². The van der Waals surface area contributed by atoms with Gasteiger partial charge >= 0.3 is 6.09 Å². The molecule has 9 heteroatoms. The number of nitrogens with two attached hydrogens (primary N) is 1. The van der Waals surface area contributed by atoms with Gasteiger partial charge in [0.2, 0.25) is 0 Å². The molecule has 31 heavy (non-hydrogen) atoms. The van der Waals surface area contributed by atoms with Gasteiger partial charge in [-0.3, -0.25) is 0 Å². The molecule has 0 bridgehead atoms. The molecule has 1 aromatic carbocycles. The number of benzene rings is 1. The SMILES string of the molecule is CCOCCOCc1cccc(CN=C(N)N2CCN(C(=O)OC(C)(C)C)CC2)c1.I. The van der Waals surface area contributed by atoms with Gasteiger partial charge in [-0.1, -0.05) is 24.3 Å². The van der Waals surface area contributed by atoms with Crippen LogP contribution < -0.4 is 5.73 Å². The Labute approximate surface area is 203 Å². The van der Waals surface area contributed by atoms with E-state index in [0.717, 1.165) is 11.1 Å². The maximum Gasteiger partial charge on any atom is 0.410 e. The number of guanidine groups is 1. The second kappa shape index (κ2) is 13.7. The Hall–Kier alpha value is -1.59. The fraction of sp³-hybridized carbons (Fsp3) is 0.636. The Kier molecular flexibility index (Phi) is 12.2. The molecule has 0 atom stereocenters. The fourth-order valence-corrected chi connectivity index (χ4v) is 2.99. The van der Waals surface area contributed by atoms with Crippen molar-refractivity contribution in [3.63, 3.8) is 0 Å². The average molecular weight is 548 g/mol. The molecule has 0 spiro atoms. The van der Waals surface area contributed by atoms with Crippen LogP contribution in [-0.4, -0.2) is 73.5 Å². The van der Waals surface area contributed by atoms with Crippen LogP contribution in [0.1, 0.15) is 38.8 Å². The summed E-state index contributed by atoms with van der Waals surface area (Å²) in [4.78, 5) is 20.4. The van der Waals surface area contributed by atoms with Gasteiger partial charge in [0.15, 0.2) is 5.96 Å². The molecular weight excluding hydrogens is 511 g/mol. The first-order valence-electron chi connectivity index (χ1n) is 10.5. The zero-order chi connectivity index (χ0) is 22.0. The monoisotopic (exact) mass is 548 g/mol. The van der Waals surface area contributed by atoms with Crippen LogP contribution in [0.15, 0.2) is 29.3 Å². The van der Waals surface area contributed by atoms with Crippen LogP contribution in [-0.2, 0) is 27.4 Å². The molecule has 0 aromatic heterocycles. The van der Waals surface area contributed by atoms with Crippen molar-refractivity contribution in [3.05, 3.63) is 35.4 Å². The zero-order valence-corrected chi connectivity index (χ0v) is 21.5. The van der Waals surface area contributed by atoms with Gasteiger partial charge in [-0.2, -0.15) is 0 Å². The summed E-state index contributed by atoms with van der Waals surface area (Å²) in [5, 5.41) is 0. The lowest BCUT2D eigenvalue weighted by Gasteiger charge is -2.36. The van der Waals surface area contributed by atoms with Crippen LogP contribution in [0.25, 0.3) is 0 Å². The Bertz CT molecular complexity index is 701. The summed E-state index contributed by atoms with van der Waals surface area (Å²) in [6, 6.07) is 8.15. The summed E-state index contributed by atoms with van der Waals surface area (Å²) >= 11 is 0. The van der Waals surface area contributed by atoms with Gasteiger partial charge in [-0.25, -0.2) is 9.79 Å². The van der Waals surface area contributed by atoms with Crippen molar-refractivity contribution in [2.24, 2.45) is 10.7 Å². The van der Waals surface area contributed by atoms with Gasteiger partial charge < -0.3 is 29.7 Å². The highest BCUT2D eigenvalue weighted by Crippen LogP contribution is 2.12. The van der Waals surface area contributed by atoms with E-state index in [4.69, 9.17) is 19.9 Å². The van der Waals surface area contributed by atoms with Crippen molar-refractivity contribution in [3.8, 4) is 0 Å². The third-order valence-electron chi connectivity index (χ3n) is 4.52. The minimum absolute atomic E-state index is 0. The molecule has 1 heterocycles. The lowest BCUT2D eigenvalue weighted by atomic mass is 10.1. The quantitative estimate of drug-likeness (QED) is 0.232. The van der Waals surface area contributed by atoms with Crippen molar-refractivity contribution in [1.82, 2.24) is 9.80 Å². The first-order chi connectivity index (χ1) is 14.3. The standard InChI is InChI=1S/C22H36N4O4.HI/c1-5-28-13-14-29-17-19-8-6-7-18(15-19)16-24-20(23)25-9-11-26(12-10-25)21(27)30-22(2,3)4;/h6-8,15H,5,9-14,16-17H2,1-4H3,(H2,23,24);1H. The van der Waals surface area contributed by atoms with Crippen molar-refractivity contribution in [1.29, 1.82) is 0 Å². The largest absolute Gasteiger partial charge is 0.444 e. The van der Waals surface area contributed by atoms with Crippen LogP contribution in [0.2, 0.25) is 0 Å². The molecule has 1 saturated heterocycles. The van der Waals surface area contributed by atoms with Crippen LogP contribution >= 0.6 is 24.0 Å². The van der Waals surface area contributed by atoms with E-state index in [1.807, 2.05) is 50.8 Å². The van der Waals surface area contributed by atoms with E-state index in [2.05, 4.69) is 11.1 Å². The van der Waals surface area contributed by atoms with E-state index in [1.165, 1.54) is 0 Å². The highest BCUT2D eigenvalue weighted by molar-refractivity contribution is 14.0. The second-order valence-electron chi connectivity index (χ2n) is 8.20. The Morgan fingerprint density at radius 1 is 1.06 bits per heavy atom. The molecule has 8 nitrogen and oxygen atoms in total. The van der Waals surface area contributed by atoms with Crippen molar-refractivity contribution < 1.29 is 19.0 Å². The molecule has 1 aliphatic rings. The summed E-state index contributed by atoms with van der Waals surface area (Å²) in [5.74, 6) is 0.497. The minimum atomic E-state index is -0.489. The Morgan fingerprint density at radius 2 is 1.68 bits per heavy atom. The molecule has 0 radical (unpaired) electrons. The van der Waals surface area contributed by atoms with Gasteiger partial charge in [0, 0.05) is 32.8 Å². The number of piperazine rings is 1. The number of nitrogens with zero attached hydrogens (tertiary/aromatic N) is 3. The second-order valence-corrected chi connectivity index (χ2v) is 8.20. The van der Waals surface area contributed by atoms with E-state index in [1.54, 1.807) is 4.90 Å². The number of rotatable bonds is 8. The lowest BCUT2D eigenvalue weighted by molar-refractivity contribution is 0.0186. The summed E-state index contributed by atoms with van der Waals surface area (Å²) in [6.45, 7) is 12.9. The fourth-order valence-electron chi connectivity index (χ4n) is 2.99. The van der Waals surface area contributed by atoms with Gasteiger partial charge in [0.25, 0.3) is 0 Å². The molecule has 0 unspecified atom stereocenters. The summed E-state index contributed by atoms with van der Waals surface area (Å²) < 4.78 is 16.3. The Balaban J connectivity index is 0.00000480. The Morgan fingerprint density at radius 3 is 2.32 bits per heavy atom. The first kappa shape index (κ1) is 27.4. The number of ether oxygens (including phenoxy) is 3. The highest BCUT2D eigenvalue weighted by atomic mass is 127. The molecule has 1 fully saturated rings. The van der Waals surface area contributed by atoms with Crippen LogP contribution in [0, 0.1) is 0 Å². The predicted octanol–water partition coefficient (Wildman–Crippen LogP) is 3.23. The smallest absolute Gasteiger partial charge is 0.410 e. The van der Waals surface area contributed by atoms with Gasteiger partial charge in [0.05, 0.1) is 26.4 Å².